The van der Waals surface area contributed by atoms with Crippen LogP contribution in [0.5, 0.6) is 23.0 Å². The summed E-state index contributed by atoms with van der Waals surface area (Å²) in [6, 6.07) is 10.4. The molecule has 0 saturated carbocycles. The molecule has 0 radical (unpaired) electrons. The number of hydrogen-bond donors (Lipinski definition) is 1. The number of hydrogen-bond acceptors (Lipinski definition) is 6. The molecule has 0 saturated heterocycles. The van der Waals surface area contributed by atoms with E-state index in [4.69, 9.17) is 18.9 Å². The molecule has 6 heteroatoms. The Morgan fingerprint density at radius 1 is 1.07 bits per heavy atom. The van der Waals surface area contributed by atoms with E-state index in [1.54, 1.807) is 56.7 Å². The molecule has 6 nitrogen and oxygen atoms in total. The highest BCUT2D eigenvalue weighted by Crippen LogP contribution is 2.32. The van der Waals surface area contributed by atoms with Gasteiger partial charge in [0, 0.05) is 30.2 Å². The van der Waals surface area contributed by atoms with Crippen molar-refractivity contribution in [2.24, 2.45) is 0 Å². The first kappa shape index (κ1) is 20.3. The fourth-order valence-electron chi connectivity index (χ4n) is 2.51. The third kappa shape index (κ3) is 5.49. The van der Waals surface area contributed by atoms with E-state index in [9.17, 15) is 9.90 Å². The average Bonchev–Trinajstić information content (AvgIpc) is 2.66. The van der Waals surface area contributed by atoms with E-state index in [0.29, 0.717) is 29.4 Å². The van der Waals surface area contributed by atoms with Gasteiger partial charge in [0.25, 0.3) is 0 Å². The first-order valence-corrected chi connectivity index (χ1v) is 8.52. The van der Waals surface area contributed by atoms with E-state index in [1.165, 1.54) is 6.92 Å². The Bertz CT molecular complexity index is 812. The smallest absolute Gasteiger partial charge is 0.308 e. The van der Waals surface area contributed by atoms with E-state index in [1.807, 2.05) is 13.0 Å². The summed E-state index contributed by atoms with van der Waals surface area (Å²) in [6.07, 6.45) is 2.34. The highest BCUT2D eigenvalue weighted by molar-refractivity contribution is 5.70. The summed E-state index contributed by atoms with van der Waals surface area (Å²) in [7, 11) is 3.14. The van der Waals surface area contributed by atoms with Crippen molar-refractivity contribution in [1.82, 2.24) is 0 Å². The van der Waals surface area contributed by atoms with E-state index in [2.05, 4.69) is 0 Å². The maximum atomic E-state index is 11.4. The van der Waals surface area contributed by atoms with E-state index < -0.39 is 12.1 Å². The molecular formula is C21H24O6. The predicted octanol–water partition coefficient (Wildman–Crippen LogP) is 3.77. The summed E-state index contributed by atoms with van der Waals surface area (Å²) in [4.78, 5) is 11.4. The lowest BCUT2D eigenvalue weighted by Crippen LogP contribution is -2.06. The molecule has 1 atom stereocenters. The number of carbonyl (C=O) groups is 1. The standard InChI is InChI=1S/C21H24O6/c1-5-26-17-9-10-18(21(13-17)27-14(2)22)19(23)11-7-15-6-8-16(24-3)12-20(15)25-4/h6-13,19,23H,5H2,1-4H3. The molecular weight excluding hydrogens is 348 g/mol. The van der Waals surface area contributed by atoms with Crippen molar-refractivity contribution in [3.05, 3.63) is 53.6 Å². The van der Waals surface area contributed by atoms with Crippen LogP contribution in [0.15, 0.2) is 42.5 Å². The van der Waals surface area contributed by atoms with Crippen LogP contribution < -0.4 is 18.9 Å². The first-order chi connectivity index (χ1) is 13.0. The topological polar surface area (TPSA) is 74.2 Å². The van der Waals surface area contributed by atoms with Crippen molar-refractivity contribution in [3.8, 4) is 23.0 Å². The van der Waals surface area contributed by atoms with Crippen LogP contribution in [0.2, 0.25) is 0 Å². The van der Waals surface area contributed by atoms with Gasteiger partial charge < -0.3 is 24.1 Å². The monoisotopic (exact) mass is 372 g/mol. The minimum atomic E-state index is -0.984. The van der Waals surface area contributed by atoms with Crippen LogP contribution in [0, 0.1) is 0 Å². The number of ether oxygens (including phenoxy) is 4. The zero-order chi connectivity index (χ0) is 19.8. The lowest BCUT2D eigenvalue weighted by Gasteiger charge is -2.14. The molecule has 1 N–H and O–H groups in total. The highest BCUT2D eigenvalue weighted by atomic mass is 16.5. The van der Waals surface area contributed by atoms with E-state index >= 15 is 0 Å². The number of aliphatic hydroxyl groups excluding tert-OH is 1. The minimum Gasteiger partial charge on any atom is -0.497 e. The molecule has 2 rings (SSSR count). The maximum Gasteiger partial charge on any atom is 0.308 e. The first-order valence-electron chi connectivity index (χ1n) is 8.52. The van der Waals surface area contributed by atoms with Crippen molar-refractivity contribution in [2.75, 3.05) is 20.8 Å². The molecule has 2 aromatic carbocycles. The summed E-state index contributed by atoms with van der Waals surface area (Å²) < 4.78 is 21.2. The summed E-state index contributed by atoms with van der Waals surface area (Å²) in [5.41, 5.74) is 1.23. The van der Waals surface area contributed by atoms with Crippen LogP contribution in [0.25, 0.3) is 6.08 Å². The Morgan fingerprint density at radius 2 is 1.78 bits per heavy atom. The second kappa shape index (κ2) is 9.64. The quantitative estimate of drug-likeness (QED) is 0.562. The normalized spacial score (nSPS) is 11.9. The van der Waals surface area contributed by atoms with E-state index in [-0.39, 0.29) is 5.75 Å². The van der Waals surface area contributed by atoms with Crippen LogP contribution >= 0.6 is 0 Å². The molecule has 0 aliphatic heterocycles. The van der Waals surface area contributed by atoms with Crippen molar-refractivity contribution in [1.29, 1.82) is 0 Å². The Balaban J connectivity index is 2.30. The molecule has 0 aliphatic carbocycles. The molecule has 0 amide bonds. The Kier molecular flexibility index (Phi) is 7.25. The van der Waals surface area contributed by atoms with Gasteiger partial charge in [0.05, 0.1) is 20.8 Å². The molecule has 0 bridgehead atoms. The zero-order valence-electron chi connectivity index (χ0n) is 15.9. The van der Waals surface area contributed by atoms with Crippen LogP contribution in [0.4, 0.5) is 0 Å². The number of esters is 1. The second-order valence-electron chi connectivity index (χ2n) is 5.64. The lowest BCUT2D eigenvalue weighted by atomic mass is 10.1. The van der Waals surface area contributed by atoms with Crippen molar-refractivity contribution in [2.45, 2.75) is 20.0 Å². The van der Waals surface area contributed by atoms with Crippen LogP contribution in [-0.4, -0.2) is 31.9 Å². The van der Waals surface area contributed by atoms with Crippen LogP contribution in [0.3, 0.4) is 0 Å². The molecule has 0 spiro atoms. The largest absolute Gasteiger partial charge is 0.497 e. The van der Waals surface area contributed by atoms with Gasteiger partial charge in [0.2, 0.25) is 0 Å². The summed E-state index contributed by atoms with van der Waals surface area (Å²) in [6.45, 7) is 3.65. The fraction of sp³-hybridized carbons (Fsp3) is 0.286. The molecule has 144 valence electrons. The molecule has 27 heavy (non-hydrogen) atoms. The predicted molar refractivity (Wildman–Crippen MR) is 102 cm³/mol. The van der Waals surface area contributed by atoms with Gasteiger partial charge in [-0.1, -0.05) is 12.2 Å². The minimum absolute atomic E-state index is 0.257. The summed E-state index contributed by atoms with van der Waals surface area (Å²) in [5.74, 6) is 1.63. The van der Waals surface area contributed by atoms with Gasteiger partial charge in [-0.25, -0.2) is 0 Å². The number of methoxy groups -OCH3 is 2. The molecule has 2 aromatic rings. The SMILES string of the molecule is CCOc1ccc(C(O)C=Cc2ccc(OC)cc2OC)c(OC(C)=O)c1. The van der Waals surface area contributed by atoms with Gasteiger partial charge >= 0.3 is 5.97 Å². The molecule has 0 aliphatic rings. The van der Waals surface area contributed by atoms with Crippen LogP contribution in [0.1, 0.15) is 31.1 Å². The molecule has 1 unspecified atom stereocenters. The number of benzene rings is 2. The Labute approximate surface area is 158 Å². The Hall–Kier alpha value is -2.99. The highest BCUT2D eigenvalue weighted by Gasteiger charge is 2.14. The van der Waals surface area contributed by atoms with Crippen LogP contribution in [-0.2, 0) is 4.79 Å². The average molecular weight is 372 g/mol. The number of rotatable bonds is 8. The maximum absolute atomic E-state index is 11.4. The Morgan fingerprint density at radius 3 is 2.41 bits per heavy atom. The van der Waals surface area contributed by atoms with Crippen molar-refractivity contribution < 1.29 is 28.8 Å². The molecule has 0 heterocycles. The fourth-order valence-corrected chi connectivity index (χ4v) is 2.51. The van der Waals surface area contributed by atoms with Crippen molar-refractivity contribution in [3.63, 3.8) is 0 Å². The lowest BCUT2D eigenvalue weighted by molar-refractivity contribution is -0.131. The van der Waals surface area contributed by atoms with Gasteiger partial charge in [-0.3, -0.25) is 4.79 Å². The third-order valence-corrected chi connectivity index (χ3v) is 3.77. The van der Waals surface area contributed by atoms with Gasteiger partial charge in [0.15, 0.2) is 0 Å². The van der Waals surface area contributed by atoms with Gasteiger partial charge in [-0.15, -0.1) is 0 Å². The van der Waals surface area contributed by atoms with Gasteiger partial charge in [0.1, 0.15) is 29.1 Å². The van der Waals surface area contributed by atoms with Crippen molar-refractivity contribution >= 4 is 12.0 Å². The van der Waals surface area contributed by atoms with E-state index in [0.717, 1.165) is 5.56 Å². The summed E-state index contributed by atoms with van der Waals surface area (Å²) in [5, 5.41) is 10.6. The molecule has 0 aromatic heterocycles. The van der Waals surface area contributed by atoms with Gasteiger partial charge in [-0.2, -0.15) is 0 Å². The molecule has 0 fully saturated rings. The third-order valence-electron chi connectivity index (χ3n) is 3.77. The number of carbonyl (C=O) groups excluding carboxylic acids is 1. The zero-order valence-corrected chi connectivity index (χ0v) is 15.9. The second-order valence-corrected chi connectivity index (χ2v) is 5.64. The number of aliphatic hydroxyl groups is 1. The van der Waals surface area contributed by atoms with Gasteiger partial charge in [-0.05, 0) is 31.2 Å². The summed E-state index contributed by atoms with van der Waals surface area (Å²) >= 11 is 0.